The van der Waals surface area contributed by atoms with Crippen molar-refractivity contribution >= 4 is 21.6 Å². The summed E-state index contributed by atoms with van der Waals surface area (Å²) >= 11 is 0. The van der Waals surface area contributed by atoms with E-state index in [2.05, 4.69) is 27.8 Å². The van der Waals surface area contributed by atoms with Crippen molar-refractivity contribution < 1.29 is 18.1 Å². The lowest BCUT2D eigenvalue weighted by Crippen LogP contribution is -2.21. The summed E-state index contributed by atoms with van der Waals surface area (Å²) in [6.07, 6.45) is 3.65. The van der Waals surface area contributed by atoms with Gasteiger partial charge in [-0.3, -0.25) is 0 Å². The molecule has 1 aliphatic heterocycles. The zero-order chi connectivity index (χ0) is 21.0. The largest absolute Gasteiger partial charge is 0.477 e. The average Bonchev–Trinajstić information content (AvgIpc) is 3.37. The van der Waals surface area contributed by atoms with Gasteiger partial charge in [0.15, 0.2) is 9.92 Å². The number of anilines is 1. The number of aromatic nitrogens is 2. The van der Waals surface area contributed by atoms with E-state index in [0.717, 1.165) is 41.5 Å². The number of urea groups is 1. The molecule has 0 saturated heterocycles. The first kappa shape index (κ1) is 19.5. The van der Waals surface area contributed by atoms with E-state index in [0.29, 0.717) is 31.1 Å². The molecule has 1 aromatic carbocycles. The van der Waals surface area contributed by atoms with Crippen LogP contribution in [-0.2, 0) is 35.7 Å². The third-order valence-electron chi connectivity index (χ3n) is 6.14. The Morgan fingerprint density at radius 1 is 1.43 bits per heavy atom. The van der Waals surface area contributed by atoms with Crippen molar-refractivity contribution in [2.24, 2.45) is 9.50 Å². The molecule has 0 saturated carbocycles. The molecule has 30 heavy (non-hydrogen) atoms. The lowest BCUT2D eigenvalue weighted by molar-refractivity contribution is 0.224. The van der Waals surface area contributed by atoms with Crippen molar-refractivity contribution in [3.8, 4) is 5.88 Å². The van der Waals surface area contributed by atoms with Crippen LogP contribution in [0.3, 0.4) is 0 Å². The molecular weight excluding hydrogens is 409 g/mol. The molecule has 10 heteroatoms. The standard InChI is InChI=1S/C20H24FN5O3S/c1-11-3-4-12-7-13-8-14(21)9-15(13)18(17(11)12)24-20(27)25-30(22,28)16-10-23-26-5-2-6-29-19(16)26/h7,10-11,14H,2-6,8-9H2,1H3,(H3,22,24,25,27,28)/t11-,14-,30-/m0/s1. The first-order chi connectivity index (χ1) is 14.3. The molecular formula is C20H24FN5O3S. The van der Waals surface area contributed by atoms with Crippen LogP contribution in [0.2, 0.25) is 0 Å². The van der Waals surface area contributed by atoms with Crippen LogP contribution in [0.4, 0.5) is 14.9 Å². The maximum atomic E-state index is 14.1. The summed E-state index contributed by atoms with van der Waals surface area (Å²) in [4.78, 5) is 12.9. The maximum absolute atomic E-state index is 14.1. The van der Waals surface area contributed by atoms with Gasteiger partial charge in [0.25, 0.3) is 0 Å². The number of nitrogens with one attached hydrogen (secondary N) is 1. The summed E-state index contributed by atoms with van der Waals surface area (Å²) in [5, 5.41) is 12.9. The van der Waals surface area contributed by atoms with E-state index in [1.54, 1.807) is 4.68 Å². The monoisotopic (exact) mass is 433 g/mol. The quantitative estimate of drug-likeness (QED) is 0.758. The first-order valence-electron chi connectivity index (χ1n) is 10.2. The van der Waals surface area contributed by atoms with Gasteiger partial charge in [0.05, 0.1) is 12.8 Å². The van der Waals surface area contributed by atoms with Crippen LogP contribution < -0.4 is 15.2 Å². The fourth-order valence-corrected chi connectivity index (χ4v) is 5.79. The Morgan fingerprint density at radius 3 is 3.10 bits per heavy atom. The Labute approximate surface area is 174 Å². The van der Waals surface area contributed by atoms with Crippen molar-refractivity contribution in [1.29, 1.82) is 0 Å². The summed E-state index contributed by atoms with van der Waals surface area (Å²) < 4.78 is 38.1. The Kier molecular flexibility index (Phi) is 4.59. The second kappa shape index (κ2) is 7.05. The molecule has 2 aromatic rings. The van der Waals surface area contributed by atoms with E-state index in [4.69, 9.17) is 9.88 Å². The summed E-state index contributed by atoms with van der Waals surface area (Å²) in [6.45, 7) is 3.18. The number of benzene rings is 1. The minimum absolute atomic E-state index is 0.109. The molecule has 8 nitrogen and oxygen atoms in total. The Hall–Kier alpha value is -2.46. The van der Waals surface area contributed by atoms with Gasteiger partial charge in [0, 0.05) is 31.5 Å². The highest BCUT2D eigenvalue weighted by Crippen LogP contribution is 2.44. The van der Waals surface area contributed by atoms with Gasteiger partial charge in [-0.15, -0.1) is 4.36 Å². The summed E-state index contributed by atoms with van der Waals surface area (Å²) in [7, 11) is -3.55. The number of nitrogens with two attached hydrogens (primary N) is 1. The molecule has 160 valence electrons. The van der Waals surface area contributed by atoms with Crippen molar-refractivity contribution in [2.45, 2.75) is 62.6 Å². The summed E-state index contributed by atoms with van der Waals surface area (Å²) in [5.41, 5.74) is 4.52. The molecule has 0 radical (unpaired) electrons. The Morgan fingerprint density at radius 2 is 2.27 bits per heavy atom. The van der Waals surface area contributed by atoms with Crippen molar-refractivity contribution in [2.75, 3.05) is 11.9 Å². The van der Waals surface area contributed by atoms with Crippen LogP contribution in [0, 0.1) is 0 Å². The molecule has 3 atom stereocenters. The first-order valence-corrected chi connectivity index (χ1v) is 11.8. The van der Waals surface area contributed by atoms with Crippen molar-refractivity contribution in [3.05, 3.63) is 34.5 Å². The third-order valence-corrected chi connectivity index (χ3v) is 7.49. The van der Waals surface area contributed by atoms with Gasteiger partial charge < -0.3 is 10.1 Å². The highest BCUT2D eigenvalue weighted by atomic mass is 32.2. The average molecular weight is 434 g/mol. The second-order valence-corrected chi connectivity index (χ2v) is 10.00. The number of hydrogen-bond acceptors (Lipinski definition) is 4. The van der Waals surface area contributed by atoms with Gasteiger partial charge in [-0.1, -0.05) is 13.0 Å². The second-order valence-electron chi connectivity index (χ2n) is 8.24. The van der Waals surface area contributed by atoms with Crippen molar-refractivity contribution in [1.82, 2.24) is 9.78 Å². The molecule has 5 rings (SSSR count). The van der Waals surface area contributed by atoms with E-state index in [9.17, 15) is 13.4 Å². The number of nitrogens with zero attached hydrogens (tertiary/aromatic N) is 3. The Balaban J connectivity index is 1.51. The number of fused-ring (bicyclic) bond motifs is 3. The van der Waals surface area contributed by atoms with Crippen LogP contribution in [0.25, 0.3) is 0 Å². The molecule has 2 amide bonds. The van der Waals surface area contributed by atoms with Crippen LogP contribution in [0.1, 0.15) is 47.9 Å². The molecule has 0 spiro atoms. The number of carbonyl (C=O) groups excluding carboxylic acids is 1. The normalized spacial score (nSPS) is 23.7. The number of rotatable bonds is 2. The highest BCUT2D eigenvalue weighted by Gasteiger charge is 2.32. The third kappa shape index (κ3) is 3.18. The zero-order valence-electron chi connectivity index (χ0n) is 16.7. The highest BCUT2D eigenvalue weighted by molar-refractivity contribution is 7.91. The predicted octanol–water partition coefficient (Wildman–Crippen LogP) is 3.08. The predicted molar refractivity (Wildman–Crippen MR) is 110 cm³/mol. The molecule has 2 heterocycles. The van der Waals surface area contributed by atoms with Gasteiger partial charge in [0.1, 0.15) is 11.1 Å². The molecule has 0 bridgehead atoms. The summed E-state index contributed by atoms with van der Waals surface area (Å²) in [5.74, 6) is 0.540. The molecule has 0 fully saturated rings. The SMILES string of the molecule is C[C@H]1CCc2cc3c(c(NC(=O)N=[S@](N)(=O)c4cnn5c4OCCC5)c21)C[C@@H](F)C3. The number of aryl methyl sites for hydroxylation is 2. The number of carbonyl (C=O) groups is 1. The van der Waals surface area contributed by atoms with E-state index in [1.165, 1.54) is 6.20 Å². The minimum atomic E-state index is -3.55. The number of ether oxygens (including phenoxy) is 1. The van der Waals surface area contributed by atoms with Crippen molar-refractivity contribution in [3.63, 3.8) is 0 Å². The number of amides is 2. The van der Waals surface area contributed by atoms with Crippen LogP contribution in [-0.4, -0.2) is 32.8 Å². The molecule has 0 unspecified atom stereocenters. The maximum Gasteiger partial charge on any atom is 0.354 e. The molecule has 1 aromatic heterocycles. The lowest BCUT2D eigenvalue weighted by Gasteiger charge is -2.18. The number of alkyl halides is 1. The molecule has 2 aliphatic carbocycles. The molecule has 3 N–H and O–H groups in total. The molecule has 3 aliphatic rings. The van der Waals surface area contributed by atoms with Gasteiger partial charge in [-0.05, 0) is 41.0 Å². The summed E-state index contributed by atoms with van der Waals surface area (Å²) in [6, 6.07) is 1.26. The van der Waals surface area contributed by atoms with Crippen LogP contribution >= 0.6 is 0 Å². The van der Waals surface area contributed by atoms with Gasteiger partial charge in [0.2, 0.25) is 5.88 Å². The van der Waals surface area contributed by atoms with Crippen LogP contribution in [0.15, 0.2) is 21.5 Å². The van der Waals surface area contributed by atoms with Gasteiger partial charge in [-0.2, -0.15) is 5.10 Å². The smallest absolute Gasteiger partial charge is 0.354 e. The number of hydrogen-bond donors (Lipinski definition) is 2. The zero-order valence-corrected chi connectivity index (χ0v) is 17.5. The Bertz CT molecular complexity index is 1170. The van der Waals surface area contributed by atoms with E-state index >= 15 is 0 Å². The number of halogens is 1. The minimum Gasteiger partial charge on any atom is -0.477 e. The van der Waals surface area contributed by atoms with E-state index in [-0.39, 0.29) is 17.2 Å². The van der Waals surface area contributed by atoms with Gasteiger partial charge in [-0.25, -0.2) is 23.2 Å². The topological polar surface area (TPSA) is 112 Å². The van der Waals surface area contributed by atoms with E-state index in [1.807, 2.05) is 0 Å². The fourth-order valence-electron chi connectivity index (χ4n) is 4.78. The van der Waals surface area contributed by atoms with Gasteiger partial charge >= 0.3 is 6.03 Å². The van der Waals surface area contributed by atoms with E-state index < -0.39 is 22.1 Å². The van der Waals surface area contributed by atoms with Crippen LogP contribution in [0.5, 0.6) is 5.88 Å². The lowest BCUT2D eigenvalue weighted by atomic mass is 9.95. The fraction of sp³-hybridized carbons (Fsp3) is 0.500.